The second-order valence-corrected chi connectivity index (χ2v) is 8.77. The number of fused-ring (bicyclic) bond motifs is 1. The minimum atomic E-state index is -0.00977. The molecule has 5 heteroatoms. The fourth-order valence-corrected chi connectivity index (χ4v) is 4.31. The average molecular weight is 407 g/mol. The lowest BCUT2D eigenvalue weighted by atomic mass is 9.86. The Labute approximate surface area is 179 Å². The molecule has 0 fully saturated rings. The Kier molecular flexibility index (Phi) is 6.08. The number of aryl methyl sites for hydroxylation is 1. The van der Waals surface area contributed by atoms with E-state index in [4.69, 9.17) is 12.2 Å². The molecule has 2 aromatic rings. The molecule has 29 heavy (non-hydrogen) atoms. The third kappa shape index (κ3) is 4.67. The molecule has 0 amide bonds. The number of rotatable bonds is 4. The van der Waals surface area contributed by atoms with Gasteiger partial charge in [-0.2, -0.15) is 5.10 Å². The molecule has 1 heterocycles. The summed E-state index contributed by atoms with van der Waals surface area (Å²) in [7, 11) is 0. The van der Waals surface area contributed by atoms with Crippen LogP contribution in [0.25, 0.3) is 5.57 Å². The van der Waals surface area contributed by atoms with Crippen molar-refractivity contribution in [3.05, 3.63) is 65.2 Å². The van der Waals surface area contributed by atoms with E-state index in [9.17, 15) is 0 Å². The Balaban J connectivity index is 1.81. The summed E-state index contributed by atoms with van der Waals surface area (Å²) < 4.78 is 0. The number of hydrogen-bond acceptors (Lipinski definition) is 3. The third-order valence-electron chi connectivity index (χ3n) is 5.18. The molecular weight excluding hydrogens is 376 g/mol. The lowest BCUT2D eigenvalue weighted by Crippen LogP contribution is -2.49. The van der Waals surface area contributed by atoms with Crippen molar-refractivity contribution in [2.75, 3.05) is 10.2 Å². The number of hydrogen-bond donors (Lipinski definition) is 2. The Morgan fingerprint density at radius 2 is 1.83 bits per heavy atom. The summed E-state index contributed by atoms with van der Waals surface area (Å²) in [6, 6.07) is 14.7. The Morgan fingerprint density at radius 3 is 2.48 bits per heavy atom. The number of para-hydroxylation sites is 1. The number of nitrogens with zero attached hydrogens (tertiary/aromatic N) is 2. The van der Waals surface area contributed by atoms with Crippen LogP contribution < -0.4 is 15.6 Å². The fourth-order valence-electron chi connectivity index (χ4n) is 4.14. The smallest absolute Gasteiger partial charge is 0.191 e. The fraction of sp³-hybridized carbons (Fsp3) is 0.333. The maximum Gasteiger partial charge on any atom is 0.191 e. The lowest BCUT2D eigenvalue weighted by Gasteiger charge is -2.46. The first-order valence-corrected chi connectivity index (χ1v) is 10.4. The van der Waals surface area contributed by atoms with Crippen molar-refractivity contribution in [1.82, 2.24) is 5.43 Å². The quantitative estimate of drug-likeness (QED) is 0.387. The van der Waals surface area contributed by atoms with E-state index in [2.05, 4.69) is 80.5 Å². The number of anilines is 2. The van der Waals surface area contributed by atoms with Crippen molar-refractivity contribution >= 4 is 40.5 Å². The minimum Gasteiger partial charge on any atom is -0.360 e. The minimum absolute atomic E-state index is 0.00977. The molecular formula is C24H30N4S. The summed E-state index contributed by atoms with van der Waals surface area (Å²) in [6.45, 7) is 13.3. The molecule has 0 radical (unpaired) electrons. The normalized spacial score (nSPS) is 15.3. The van der Waals surface area contributed by atoms with Crippen LogP contribution in [-0.4, -0.2) is 22.9 Å². The topological polar surface area (TPSA) is 39.7 Å². The van der Waals surface area contributed by atoms with E-state index < -0.39 is 0 Å². The lowest BCUT2D eigenvalue weighted by molar-refractivity contribution is 0.507. The summed E-state index contributed by atoms with van der Waals surface area (Å²) in [5.41, 5.74) is 9.93. The first-order valence-electron chi connectivity index (χ1n) is 9.98. The molecule has 0 aliphatic carbocycles. The summed E-state index contributed by atoms with van der Waals surface area (Å²) in [6.07, 6.45) is 4.18. The highest BCUT2D eigenvalue weighted by Gasteiger charge is 2.33. The molecule has 1 aliphatic rings. The molecule has 0 saturated heterocycles. The number of thiocarbonyl (C=S) groups is 1. The van der Waals surface area contributed by atoms with Crippen molar-refractivity contribution in [3.63, 3.8) is 0 Å². The van der Waals surface area contributed by atoms with Crippen molar-refractivity contribution in [3.8, 4) is 0 Å². The third-order valence-corrected chi connectivity index (χ3v) is 5.37. The van der Waals surface area contributed by atoms with Crippen molar-refractivity contribution < 1.29 is 0 Å². The number of benzene rings is 2. The maximum absolute atomic E-state index is 5.32. The van der Waals surface area contributed by atoms with Crippen LogP contribution in [0.1, 0.15) is 51.3 Å². The van der Waals surface area contributed by atoms with Gasteiger partial charge in [-0.25, -0.2) is 0 Å². The molecule has 4 nitrogen and oxygen atoms in total. The summed E-state index contributed by atoms with van der Waals surface area (Å²) in [5.74, 6) is 0. The van der Waals surface area contributed by atoms with Crippen LogP contribution in [-0.2, 0) is 0 Å². The van der Waals surface area contributed by atoms with Crippen molar-refractivity contribution in [2.45, 2.75) is 53.1 Å². The van der Waals surface area contributed by atoms with Gasteiger partial charge in [0.05, 0.1) is 11.8 Å². The summed E-state index contributed by atoms with van der Waals surface area (Å²) >= 11 is 5.32. The Hall–Kier alpha value is -2.66. The molecule has 2 N–H and O–H groups in total. The molecule has 0 atom stereocenters. The van der Waals surface area contributed by atoms with E-state index in [-0.39, 0.29) is 5.54 Å². The highest BCUT2D eigenvalue weighted by atomic mass is 32.1. The van der Waals surface area contributed by atoms with Crippen molar-refractivity contribution in [2.24, 2.45) is 5.10 Å². The van der Waals surface area contributed by atoms with Gasteiger partial charge >= 0.3 is 0 Å². The molecule has 152 valence electrons. The Bertz CT molecular complexity index is 958. The molecule has 3 rings (SSSR count). The first kappa shape index (κ1) is 21.1. The predicted molar refractivity (Wildman–Crippen MR) is 130 cm³/mol. The largest absolute Gasteiger partial charge is 0.360 e. The van der Waals surface area contributed by atoms with Crippen molar-refractivity contribution in [1.29, 1.82) is 0 Å². The summed E-state index contributed by atoms with van der Waals surface area (Å²) in [5, 5.41) is 7.93. The maximum atomic E-state index is 5.32. The van der Waals surface area contributed by atoms with Gasteiger partial charge in [-0.1, -0.05) is 24.3 Å². The number of hydrazone groups is 1. The first-order chi connectivity index (χ1) is 13.7. The van der Waals surface area contributed by atoms with Crippen LogP contribution >= 0.6 is 12.2 Å². The summed E-state index contributed by atoms with van der Waals surface area (Å²) in [4.78, 5) is 2.49. The van der Waals surface area contributed by atoms with Gasteiger partial charge in [0.15, 0.2) is 5.11 Å². The monoisotopic (exact) mass is 406 g/mol. The molecule has 0 aromatic heterocycles. The highest BCUT2D eigenvalue weighted by molar-refractivity contribution is 7.80. The van der Waals surface area contributed by atoms with Crippen LogP contribution in [0.3, 0.4) is 0 Å². The van der Waals surface area contributed by atoms with E-state index in [0.717, 1.165) is 11.3 Å². The van der Waals surface area contributed by atoms with Gasteiger partial charge in [0.2, 0.25) is 0 Å². The second kappa shape index (κ2) is 8.37. The van der Waals surface area contributed by atoms with Gasteiger partial charge in [0, 0.05) is 23.0 Å². The zero-order valence-electron chi connectivity index (χ0n) is 18.1. The zero-order valence-corrected chi connectivity index (χ0v) is 18.9. The van der Waals surface area contributed by atoms with E-state index >= 15 is 0 Å². The van der Waals surface area contributed by atoms with E-state index in [1.165, 1.54) is 22.4 Å². The average Bonchev–Trinajstić information content (AvgIpc) is 2.62. The zero-order chi connectivity index (χ0) is 21.2. The molecule has 2 aromatic carbocycles. The van der Waals surface area contributed by atoms with Gasteiger partial charge in [-0.05, 0) is 94.7 Å². The van der Waals surface area contributed by atoms with Crippen LogP contribution in [0.2, 0.25) is 0 Å². The van der Waals surface area contributed by atoms with Gasteiger partial charge in [-0.3, -0.25) is 5.43 Å². The van der Waals surface area contributed by atoms with Gasteiger partial charge in [0.1, 0.15) is 0 Å². The SMILES string of the molecule is CC1=CC(C)(C)N(C(C)C)c2cc(C)c(/C=N\NC(=S)Nc3ccccc3)cc21. The molecule has 0 spiro atoms. The predicted octanol–water partition coefficient (Wildman–Crippen LogP) is 5.73. The second-order valence-electron chi connectivity index (χ2n) is 8.36. The van der Waals surface area contributed by atoms with Gasteiger partial charge in [0.25, 0.3) is 0 Å². The number of nitrogens with one attached hydrogen (secondary N) is 2. The van der Waals surface area contributed by atoms with Crippen LogP contribution in [0.15, 0.2) is 53.6 Å². The van der Waals surface area contributed by atoms with Gasteiger partial charge in [-0.15, -0.1) is 0 Å². The van der Waals surface area contributed by atoms with E-state index in [1.807, 2.05) is 36.5 Å². The van der Waals surface area contributed by atoms with Crippen LogP contribution in [0, 0.1) is 6.92 Å². The van der Waals surface area contributed by atoms with Crippen LogP contribution in [0.5, 0.6) is 0 Å². The molecule has 0 bridgehead atoms. The Morgan fingerprint density at radius 1 is 1.14 bits per heavy atom. The van der Waals surface area contributed by atoms with Crippen LogP contribution in [0.4, 0.5) is 11.4 Å². The standard InChI is InChI=1S/C24H30N4S/c1-16(2)28-22-12-17(3)19(13-21(22)18(4)14-24(28,5)6)15-25-27-23(29)26-20-10-8-7-9-11-20/h7-16H,1-6H3,(H2,26,27,29)/b25-15-. The van der Waals surface area contributed by atoms with E-state index in [0.29, 0.717) is 11.2 Å². The number of allylic oxidation sites excluding steroid dienone is 1. The molecule has 1 aliphatic heterocycles. The molecule has 0 saturated carbocycles. The van der Waals surface area contributed by atoms with E-state index in [1.54, 1.807) is 0 Å². The highest BCUT2D eigenvalue weighted by Crippen LogP contribution is 2.41. The molecule has 0 unspecified atom stereocenters. The van der Waals surface area contributed by atoms with Gasteiger partial charge < -0.3 is 10.2 Å².